The number of hydrogen-bond donors (Lipinski definition) is 0. The molecule has 0 atom stereocenters. The predicted octanol–water partition coefficient (Wildman–Crippen LogP) is 8.62. The van der Waals surface area contributed by atoms with Gasteiger partial charge in [-0.25, -0.2) is 0 Å². The fourth-order valence-corrected chi connectivity index (χ4v) is 6.02. The van der Waals surface area contributed by atoms with E-state index < -0.39 is 0 Å². The fourth-order valence-electron chi connectivity index (χ4n) is 6.02. The molecule has 2 fully saturated rings. The molecule has 2 aliphatic carbocycles. The molecular weight excluding hydrogens is 324 g/mol. The maximum Gasteiger partial charge on any atom is -0.0159 e. The van der Waals surface area contributed by atoms with E-state index in [0.717, 1.165) is 17.8 Å². The molecule has 0 spiro atoms. The number of aryl methyl sites for hydroxylation is 1. The molecule has 0 nitrogen and oxygen atoms in total. The normalized spacial score (nSPS) is 23.8. The van der Waals surface area contributed by atoms with E-state index in [-0.39, 0.29) is 0 Å². The molecule has 0 heterocycles. The lowest BCUT2D eigenvalue weighted by molar-refractivity contribution is 0.235. The van der Waals surface area contributed by atoms with Crippen molar-refractivity contribution in [3.8, 4) is 0 Å². The maximum absolute atomic E-state index is 2.51. The summed E-state index contributed by atoms with van der Waals surface area (Å²) in [6.07, 6.45) is 22.8. The van der Waals surface area contributed by atoms with Gasteiger partial charge in [0.1, 0.15) is 0 Å². The zero-order valence-corrected chi connectivity index (χ0v) is 18.3. The van der Waals surface area contributed by atoms with Crippen LogP contribution in [0.25, 0.3) is 0 Å². The average Bonchev–Trinajstić information content (AvgIpc) is 3.24. The quantitative estimate of drug-likeness (QED) is 0.362. The standard InChI is InChI=1S/C27H44/c1-3-5-7-14-24-15-11-17-27(26(24)16-8-6-4-2)25-20-18-23(19-21-25)22-12-9-10-13-22/h11,15,17,22-23,25H,3-10,12-14,16,18-21H2,1-2H3. The van der Waals surface area contributed by atoms with Crippen molar-refractivity contribution in [3.05, 3.63) is 34.9 Å². The van der Waals surface area contributed by atoms with Gasteiger partial charge >= 0.3 is 0 Å². The minimum atomic E-state index is 0.852. The number of hydrogen-bond acceptors (Lipinski definition) is 0. The van der Waals surface area contributed by atoms with E-state index in [1.807, 2.05) is 0 Å². The van der Waals surface area contributed by atoms with Crippen LogP contribution in [0.5, 0.6) is 0 Å². The third kappa shape index (κ3) is 5.85. The second-order valence-electron chi connectivity index (χ2n) is 9.56. The van der Waals surface area contributed by atoms with Gasteiger partial charge in [-0.3, -0.25) is 0 Å². The van der Waals surface area contributed by atoms with E-state index in [9.17, 15) is 0 Å². The minimum Gasteiger partial charge on any atom is -0.0654 e. The summed E-state index contributed by atoms with van der Waals surface area (Å²) in [6.45, 7) is 4.65. The molecule has 1 aromatic rings. The Morgan fingerprint density at radius 2 is 1.33 bits per heavy atom. The van der Waals surface area contributed by atoms with Gasteiger partial charge in [-0.1, -0.05) is 83.4 Å². The summed E-state index contributed by atoms with van der Waals surface area (Å²) in [5.41, 5.74) is 5.21. The van der Waals surface area contributed by atoms with Crippen LogP contribution in [0.15, 0.2) is 18.2 Å². The predicted molar refractivity (Wildman–Crippen MR) is 120 cm³/mol. The molecule has 2 aliphatic rings. The van der Waals surface area contributed by atoms with E-state index in [1.165, 1.54) is 103 Å². The molecule has 2 saturated carbocycles. The van der Waals surface area contributed by atoms with Crippen LogP contribution in [0.2, 0.25) is 0 Å². The molecule has 0 heteroatoms. The molecule has 0 amide bonds. The lowest BCUT2D eigenvalue weighted by atomic mass is 9.72. The van der Waals surface area contributed by atoms with Crippen molar-refractivity contribution in [1.82, 2.24) is 0 Å². The topological polar surface area (TPSA) is 0 Å². The van der Waals surface area contributed by atoms with E-state index in [0.29, 0.717) is 0 Å². The lowest BCUT2D eigenvalue weighted by Gasteiger charge is -2.33. The highest BCUT2D eigenvalue weighted by Crippen LogP contribution is 2.44. The summed E-state index contributed by atoms with van der Waals surface area (Å²) in [4.78, 5) is 0. The molecule has 0 radical (unpaired) electrons. The number of rotatable bonds is 10. The summed E-state index contributed by atoms with van der Waals surface area (Å²) < 4.78 is 0. The van der Waals surface area contributed by atoms with Crippen molar-refractivity contribution in [3.63, 3.8) is 0 Å². The van der Waals surface area contributed by atoms with E-state index in [4.69, 9.17) is 0 Å². The van der Waals surface area contributed by atoms with Gasteiger partial charge in [0.2, 0.25) is 0 Å². The van der Waals surface area contributed by atoms with Crippen LogP contribution in [0.1, 0.15) is 126 Å². The van der Waals surface area contributed by atoms with Gasteiger partial charge in [0.15, 0.2) is 0 Å². The van der Waals surface area contributed by atoms with Crippen molar-refractivity contribution < 1.29 is 0 Å². The highest BCUT2D eigenvalue weighted by molar-refractivity contribution is 5.38. The first-order valence-electron chi connectivity index (χ1n) is 12.4. The Labute approximate surface area is 169 Å². The largest absolute Gasteiger partial charge is 0.0654 e. The van der Waals surface area contributed by atoms with Crippen LogP contribution in [-0.4, -0.2) is 0 Å². The first-order chi connectivity index (χ1) is 13.3. The van der Waals surface area contributed by atoms with Crippen LogP contribution < -0.4 is 0 Å². The zero-order chi connectivity index (χ0) is 18.9. The van der Waals surface area contributed by atoms with Crippen LogP contribution in [-0.2, 0) is 12.8 Å². The third-order valence-corrected chi connectivity index (χ3v) is 7.67. The fraction of sp³-hybridized carbons (Fsp3) is 0.778. The Bertz CT molecular complexity index is 529. The monoisotopic (exact) mass is 368 g/mol. The molecule has 0 unspecified atom stereocenters. The molecule has 27 heavy (non-hydrogen) atoms. The van der Waals surface area contributed by atoms with E-state index in [1.54, 1.807) is 16.7 Å². The number of benzene rings is 1. The first-order valence-corrected chi connectivity index (χ1v) is 12.4. The molecule has 0 saturated heterocycles. The Kier molecular flexibility index (Phi) is 8.75. The van der Waals surface area contributed by atoms with Gasteiger partial charge in [0, 0.05) is 0 Å². The summed E-state index contributed by atoms with van der Waals surface area (Å²) in [7, 11) is 0. The van der Waals surface area contributed by atoms with Crippen molar-refractivity contribution in [1.29, 1.82) is 0 Å². The van der Waals surface area contributed by atoms with Gasteiger partial charge in [0.05, 0.1) is 0 Å². The van der Waals surface area contributed by atoms with Gasteiger partial charge in [-0.2, -0.15) is 0 Å². The van der Waals surface area contributed by atoms with Crippen molar-refractivity contribution in [2.75, 3.05) is 0 Å². The van der Waals surface area contributed by atoms with Crippen molar-refractivity contribution in [2.24, 2.45) is 11.8 Å². The van der Waals surface area contributed by atoms with E-state index in [2.05, 4.69) is 32.0 Å². The van der Waals surface area contributed by atoms with Crippen LogP contribution in [0, 0.1) is 11.8 Å². The minimum absolute atomic E-state index is 0.852. The SMILES string of the molecule is CCCCCc1cccc(C2CCC(C3CCCC3)CC2)c1CCCCC. The van der Waals surface area contributed by atoms with Crippen molar-refractivity contribution >= 4 is 0 Å². The maximum atomic E-state index is 2.51. The summed E-state index contributed by atoms with van der Waals surface area (Å²) in [6, 6.07) is 7.33. The lowest BCUT2D eigenvalue weighted by Crippen LogP contribution is -2.20. The molecule has 152 valence electrons. The Morgan fingerprint density at radius 3 is 2.00 bits per heavy atom. The zero-order valence-electron chi connectivity index (χ0n) is 18.3. The van der Waals surface area contributed by atoms with Crippen LogP contribution >= 0.6 is 0 Å². The molecule has 1 aromatic carbocycles. The molecule has 3 rings (SSSR count). The van der Waals surface area contributed by atoms with Gasteiger partial charge in [0.25, 0.3) is 0 Å². The molecule has 0 N–H and O–H groups in total. The highest BCUT2D eigenvalue weighted by Gasteiger charge is 2.30. The summed E-state index contributed by atoms with van der Waals surface area (Å²) in [5, 5.41) is 0. The highest BCUT2D eigenvalue weighted by atomic mass is 14.4. The number of unbranched alkanes of at least 4 members (excludes halogenated alkanes) is 4. The van der Waals surface area contributed by atoms with E-state index >= 15 is 0 Å². The Morgan fingerprint density at radius 1 is 0.704 bits per heavy atom. The molecule has 0 aromatic heterocycles. The van der Waals surface area contributed by atoms with Gasteiger partial charge in [-0.15, -0.1) is 0 Å². The smallest absolute Gasteiger partial charge is 0.0159 e. The summed E-state index contributed by atoms with van der Waals surface area (Å²) in [5.74, 6) is 2.99. The second-order valence-corrected chi connectivity index (χ2v) is 9.56. The average molecular weight is 369 g/mol. The Hall–Kier alpha value is -0.780. The van der Waals surface area contributed by atoms with Crippen molar-refractivity contribution in [2.45, 2.75) is 122 Å². The van der Waals surface area contributed by atoms with Crippen LogP contribution in [0.4, 0.5) is 0 Å². The Balaban J connectivity index is 1.68. The first kappa shape index (κ1) is 20.9. The summed E-state index contributed by atoms with van der Waals surface area (Å²) >= 11 is 0. The van der Waals surface area contributed by atoms with Gasteiger partial charge < -0.3 is 0 Å². The molecular formula is C27H44. The molecule has 0 aliphatic heterocycles. The molecule has 0 bridgehead atoms. The third-order valence-electron chi connectivity index (χ3n) is 7.67. The second kappa shape index (κ2) is 11.3. The van der Waals surface area contributed by atoms with Gasteiger partial charge in [-0.05, 0) is 85.8 Å². The van der Waals surface area contributed by atoms with Crippen LogP contribution in [0.3, 0.4) is 0 Å².